The van der Waals surface area contributed by atoms with Crippen molar-refractivity contribution >= 4 is 5.91 Å². The number of aromatic nitrogens is 2. The highest BCUT2D eigenvalue weighted by Crippen LogP contribution is 2.38. The zero-order valence-corrected chi connectivity index (χ0v) is 16.2. The van der Waals surface area contributed by atoms with Gasteiger partial charge in [0.25, 0.3) is 5.91 Å². The van der Waals surface area contributed by atoms with Crippen LogP contribution in [0.4, 0.5) is 0 Å². The summed E-state index contributed by atoms with van der Waals surface area (Å²) in [7, 11) is 3.42. The van der Waals surface area contributed by atoms with E-state index in [0.717, 1.165) is 17.0 Å². The van der Waals surface area contributed by atoms with Crippen molar-refractivity contribution in [2.75, 3.05) is 33.4 Å². The smallest absolute Gasteiger partial charge is 0.272 e. The molecule has 1 aromatic heterocycles. The molecule has 27 heavy (non-hydrogen) atoms. The van der Waals surface area contributed by atoms with Crippen molar-refractivity contribution < 1.29 is 19.0 Å². The Morgan fingerprint density at radius 3 is 2.52 bits per heavy atom. The summed E-state index contributed by atoms with van der Waals surface area (Å²) in [5.74, 6) is 0.166. The lowest BCUT2D eigenvalue weighted by Gasteiger charge is -2.53. The lowest BCUT2D eigenvalue weighted by Crippen LogP contribution is -2.66. The molecule has 1 aromatic carbocycles. The minimum Gasteiger partial charge on any atom is -0.496 e. The van der Waals surface area contributed by atoms with Crippen molar-refractivity contribution in [2.24, 2.45) is 12.5 Å². The molecule has 7 heteroatoms. The zero-order chi connectivity index (χ0) is 19.2. The van der Waals surface area contributed by atoms with E-state index in [4.69, 9.17) is 14.2 Å². The maximum atomic E-state index is 13.0. The summed E-state index contributed by atoms with van der Waals surface area (Å²) < 4.78 is 18.6. The van der Waals surface area contributed by atoms with Gasteiger partial charge in [-0.2, -0.15) is 5.10 Å². The predicted octanol–water partition coefficient (Wildman–Crippen LogP) is 2.32. The molecule has 0 unspecified atom stereocenters. The lowest BCUT2D eigenvalue weighted by molar-refractivity contribution is -0.301. The third-order valence-corrected chi connectivity index (χ3v) is 5.27. The van der Waals surface area contributed by atoms with Crippen LogP contribution in [0.25, 0.3) is 11.3 Å². The molecule has 0 atom stereocenters. The number of rotatable bonds is 3. The number of amides is 1. The van der Waals surface area contributed by atoms with Crippen LogP contribution in [0.5, 0.6) is 5.75 Å². The van der Waals surface area contributed by atoms with E-state index < -0.39 is 5.79 Å². The summed E-state index contributed by atoms with van der Waals surface area (Å²) >= 11 is 0. The molecule has 0 saturated carbocycles. The van der Waals surface area contributed by atoms with Gasteiger partial charge in [-0.3, -0.25) is 9.48 Å². The Morgan fingerprint density at radius 2 is 1.85 bits per heavy atom. The summed E-state index contributed by atoms with van der Waals surface area (Å²) in [5.41, 5.74) is 2.06. The largest absolute Gasteiger partial charge is 0.496 e. The summed E-state index contributed by atoms with van der Waals surface area (Å²) in [6.07, 6.45) is 0. The minimum atomic E-state index is -0.540. The molecule has 2 fully saturated rings. The molecule has 2 aliphatic heterocycles. The van der Waals surface area contributed by atoms with E-state index in [1.54, 1.807) is 18.8 Å². The molecule has 4 rings (SSSR count). The van der Waals surface area contributed by atoms with Gasteiger partial charge in [0.1, 0.15) is 11.4 Å². The molecule has 144 valence electrons. The summed E-state index contributed by atoms with van der Waals surface area (Å²) in [5, 5.41) is 4.51. The number of ether oxygens (including phenoxy) is 3. The second-order valence-corrected chi connectivity index (χ2v) is 7.88. The first-order valence-corrected chi connectivity index (χ1v) is 9.07. The molecule has 1 amide bonds. The Bertz CT molecular complexity index is 856. The summed E-state index contributed by atoms with van der Waals surface area (Å²) in [4.78, 5) is 14.8. The standard InChI is InChI=1S/C20H25N3O4/c1-19(2)26-12-20(13-27-19)10-23(11-20)18(24)16-9-15(21-22(16)3)14-7-5-6-8-17(14)25-4/h5-9H,10-13H2,1-4H3. The maximum Gasteiger partial charge on any atom is 0.272 e. The van der Waals surface area contributed by atoms with Crippen LogP contribution < -0.4 is 4.74 Å². The van der Waals surface area contributed by atoms with E-state index in [1.165, 1.54) is 0 Å². The van der Waals surface area contributed by atoms with Gasteiger partial charge < -0.3 is 19.1 Å². The van der Waals surface area contributed by atoms with Crippen molar-refractivity contribution in [1.29, 1.82) is 0 Å². The maximum absolute atomic E-state index is 13.0. The Morgan fingerprint density at radius 1 is 1.19 bits per heavy atom. The highest BCUT2D eigenvalue weighted by molar-refractivity contribution is 5.94. The topological polar surface area (TPSA) is 65.8 Å². The number of para-hydroxylation sites is 1. The van der Waals surface area contributed by atoms with Crippen LogP contribution in [-0.4, -0.2) is 59.8 Å². The van der Waals surface area contributed by atoms with E-state index in [-0.39, 0.29) is 11.3 Å². The van der Waals surface area contributed by atoms with E-state index in [9.17, 15) is 4.79 Å². The number of hydrogen-bond acceptors (Lipinski definition) is 5. The fourth-order valence-electron chi connectivity index (χ4n) is 3.64. The first kappa shape index (κ1) is 18.0. The minimum absolute atomic E-state index is 0.0263. The third kappa shape index (κ3) is 3.21. The van der Waals surface area contributed by atoms with Crippen LogP contribution in [0.15, 0.2) is 30.3 Å². The number of aryl methyl sites for hydroxylation is 1. The van der Waals surface area contributed by atoms with Crippen LogP contribution >= 0.6 is 0 Å². The van der Waals surface area contributed by atoms with E-state index in [2.05, 4.69) is 5.10 Å². The monoisotopic (exact) mass is 371 g/mol. The number of methoxy groups -OCH3 is 1. The fraction of sp³-hybridized carbons (Fsp3) is 0.500. The molecule has 0 bridgehead atoms. The molecule has 7 nitrogen and oxygen atoms in total. The number of nitrogens with zero attached hydrogens (tertiary/aromatic N) is 3. The number of hydrogen-bond donors (Lipinski definition) is 0. The van der Waals surface area contributed by atoms with Gasteiger partial charge in [0.05, 0.1) is 31.4 Å². The molecule has 2 saturated heterocycles. The van der Waals surface area contributed by atoms with Gasteiger partial charge in [-0.25, -0.2) is 0 Å². The molecular weight excluding hydrogens is 346 g/mol. The molecule has 3 heterocycles. The van der Waals surface area contributed by atoms with Gasteiger partial charge in [0.15, 0.2) is 5.79 Å². The molecule has 0 N–H and O–H groups in total. The van der Waals surface area contributed by atoms with Gasteiger partial charge in [0.2, 0.25) is 0 Å². The van der Waals surface area contributed by atoms with Crippen LogP contribution in [0.1, 0.15) is 24.3 Å². The van der Waals surface area contributed by atoms with Gasteiger partial charge in [-0.05, 0) is 32.0 Å². The second-order valence-electron chi connectivity index (χ2n) is 7.88. The number of carbonyl (C=O) groups is 1. The van der Waals surface area contributed by atoms with E-state index in [0.29, 0.717) is 32.0 Å². The Kier molecular flexibility index (Phi) is 4.24. The quantitative estimate of drug-likeness (QED) is 0.828. The lowest BCUT2D eigenvalue weighted by atomic mass is 9.80. The van der Waals surface area contributed by atoms with Crippen LogP contribution in [0.3, 0.4) is 0 Å². The second kappa shape index (κ2) is 6.35. The Balaban J connectivity index is 1.49. The number of benzene rings is 1. The fourth-order valence-corrected chi connectivity index (χ4v) is 3.64. The molecule has 1 spiro atoms. The summed E-state index contributed by atoms with van der Waals surface area (Å²) in [6, 6.07) is 9.48. The van der Waals surface area contributed by atoms with E-state index in [1.807, 2.05) is 49.1 Å². The normalized spacial score (nSPS) is 20.4. The number of carbonyl (C=O) groups excluding carboxylic acids is 1. The van der Waals surface area contributed by atoms with Crippen LogP contribution in [-0.2, 0) is 16.5 Å². The molecule has 2 aliphatic rings. The van der Waals surface area contributed by atoms with Gasteiger partial charge >= 0.3 is 0 Å². The van der Waals surface area contributed by atoms with Crippen molar-refractivity contribution in [3.8, 4) is 17.0 Å². The van der Waals surface area contributed by atoms with Crippen LogP contribution in [0.2, 0.25) is 0 Å². The highest BCUT2D eigenvalue weighted by atomic mass is 16.7. The number of likely N-dealkylation sites (tertiary alicyclic amines) is 1. The first-order valence-electron chi connectivity index (χ1n) is 9.07. The Hall–Kier alpha value is -2.38. The van der Waals surface area contributed by atoms with Gasteiger partial charge in [-0.1, -0.05) is 12.1 Å². The Labute approximate surface area is 158 Å². The van der Waals surface area contributed by atoms with Crippen molar-refractivity contribution in [3.63, 3.8) is 0 Å². The average Bonchev–Trinajstić information content (AvgIpc) is 3.01. The van der Waals surface area contributed by atoms with Crippen LogP contribution in [0, 0.1) is 5.41 Å². The van der Waals surface area contributed by atoms with Crippen molar-refractivity contribution in [2.45, 2.75) is 19.6 Å². The third-order valence-electron chi connectivity index (χ3n) is 5.27. The van der Waals surface area contributed by atoms with Crippen molar-refractivity contribution in [3.05, 3.63) is 36.0 Å². The van der Waals surface area contributed by atoms with Crippen molar-refractivity contribution in [1.82, 2.24) is 14.7 Å². The molecule has 2 aromatic rings. The summed E-state index contributed by atoms with van der Waals surface area (Å²) in [6.45, 7) is 6.32. The predicted molar refractivity (Wildman–Crippen MR) is 99.5 cm³/mol. The molecule has 0 radical (unpaired) electrons. The zero-order valence-electron chi connectivity index (χ0n) is 16.2. The molecular formula is C20H25N3O4. The average molecular weight is 371 g/mol. The molecule has 0 aliphatic carbocycles. The first-order chi connectivity index (χ1) is 12.8. The van der Waals surface area contributed by atoms with Gasteiger partial charge in [-0.15, -0.1) is 0 Å². The SMILES string of the molecule is COc1ccccc1-c1cc(C(=O)N2CC3(COC(C)(C)OC3)C2)n(C)n1. The van der Waals surface area contributed by atoms with Gasteiger partial charge in [0, 0.05) is 25.7 Å². The highest BCUT2D eigenvalue weighted by Gasteiger charge is 2.50. The van der Waals surface area contributed by atoms with E-state index >= 15 is 0 Å².